The lowest BCUT2D eigenvalue weighted by Gasteiger charge is -2.24. The number of amides is 3. The number of ether oxygens (including phenoxy) is 1. The predicted octanol–water partition coefficient (Wildman–Crippen LogP) is 1.75. The maximum absolute atomic E-state index is 15.0. The number of nitrogens with zero attached hydrogens (tertiary/aromatic N) is 4. The quantitative estimate of drug-likeness (QED) is 0.609. The van der Waals surface area contributed by atoms with E-state index in [0.29, 0.717) is 13.1 Å². The van der Waals surface area contributed by atoms with Crippen LogP contribution < -0.4 is 15.1 Å². The Morgan fingerprint density at radius 1 is 1.14 bits per heavy atom. The van der Waals surface area contributed by atoms with Crippen molar-refractivity contribution in [2.75, 3.05) is 49.1 Å². The molecule has 0 saturated carbocycles. The highest BCUT2D eigenvalue weighted by atomic mass is 19.3. The van der Waals surface area contributed by atoms with E-state index in [2.05, 4.69) is 4.98 Å². The van der Waals surface area contributed by atoms with Gasteiger partial charge in [-0.3, -0.25) is 24.3 Å². The van der Waals surface area contributed by atoms with Crippen LogP contribution in [-0.2, 0) is 25.6 Å². The zero-order valence-corrected chi connectivity index (χ0v) is 19.1. The van der Waals surface area contributed by atoms with Gasteiger partial charge >= 0.3 is 12.5 Å². The first-order valence-corrected chi connectivity index (χ1v) is 11.2. The minimum Gasteiger partial charge on any atom is -0.442 e. The van der Waals surface area contributed by atoms with Crippen LogP contribution in [0.15, 0.2) is 42.7 Å². The summed E-state index contributed by atoms with van der Waals surface area (Å²) in [7, 11) is 0. The number of alkyl halides is 2. The number of rotatable bonds is 7. The molecule has 0 aliphatic carbocycles. The van der Waals surface area contributed by atoms with Gasteiger partial charge in [0.1, 0.15) is 11.9 Å². The Kier molecular flexibility index (Phi) is 7.88. The average molecular weight is 507 g/mol. The van der Waals surface area contributed by atoms with Gasteiger partial charge in [-0.15, -0.1) is 0 Å². The standard InChI is InChI=1S/C23H24F3N5O5/c24-18-12-16(30-14-17(36-23(30)34)13-28-22(33)21(25)26)1-2-19(18)29-7-8-31(35-10-9-29)20(32)11-15-3-5-27-6-4-15/h1-6,12,17,21H,7-11,13-14H2,(H,28,33). The molecule has 1 unspecified atom stereocenters. The van der Waals surface area contributed by atoms with Gasteiger partial charge in [-0.25, -0.2) is 14.2 Å². The molecule has 192 valence electrons. The number of halogens is 3. The number of aromatic nitrogens is 1. The summed E-state index contributed by atoms with van der Waals surface area (Å²) in [6.45, 7) is 0.760. The molecular weight excluding hydrogens is 483 g/mol. The summed E-state index contributed by atoms with van der Waals surface area (Å²) in [5, 5.41) is 3.27. The average Bonchev–Trinajstić information content (AvgIpc) is 3.07. The molecule has 3 amide bonds. The van der Waals surface area contributed by atoms with Crippen LogP contribution in [0.4, 0.5) is 29.3 Å². The zero-order chi connectivity index (χ0) is 25.7. The lowest BCUT2D eigenvalue weighted by Crippen LogP contribution is -2.37. The van der Waals surface area contributed by atoms with E-state index < -0.39 is 30.3 Å². The van der Waals surface area contributed by atoms with Gasteiger partial charge in [0, 0.05) is 25.5 Å². The van der Waals surface area contributed by atoms with E-state index in [9.17, 15) is 23.2 Å². The Labute approximate surface area is 204 Å². The van der Waals surface area contributed by atoms with Crippen molar-refractivity contribution in [1.82, 2.24) is 15.4 Å². The lowest BCUT2D eigenvalue weighted by atomic mass is 10.2. The molecule has 1 atom stereocenters. The van der Waals surface area contributed by atoms with Crippen LogP contribution in [0.5, 0.6) is 0 Å². The SMILES string of the molecule is O=C(NCC1CN(c2ccc(N3CCON(C(=O)Cc4ccncc4)CC3)c(F)c2)C(=O)O1)C(F)F. The molecule has 0 bridgehead atoms. The third kappa shape index (κ3) is 6.03. The lowest BCUT2D eigenvalue weighted by molar-refractivity contribution is -0.181. The normalized spacial score (nSPS) is 18.3. The molecule has 13 heteroatoms. The first-order chi connectivity index (χ1) is 17.3. The second-order valence-electron chi connectivity index (χ2n) is 8.15. The van der Waals surface area contributed by atoms with E-state index >= 15 is 4.39 Å². The summed E-state index contributed by atoms with van der Waals surface area (Å²) in [4.78, 5) is 48.2. The smallest absolute Gasteiger partial charge is 0.414 e. The van der Waals surface area contributed by atoms with Gasteiger partial charge in [0.05, 0.1) is 44.0 Å². The van der Waals surface area contributed by atoms with E-state index in [1.807, 2.05) is 5.32 Å². The Balaban J connectivity index is 1.35. The van der Waals surface area contributed by atoms with Crippen LogP contribution >= 0.6 is 0 Å². The van der Waals surface area contributed by atoms with Crippen molar-refractivity contribution in [2.45, 2.75) is 19.0 Å². The molecule has 2 aliphatic rings. The summed E-state index contributed by atoms with van der Waals surface area (Å²) >= 11 is 0. The van der Waals surface area contributed by atoms with Crippen molar-refractivity contribution in [3.8, 4) is 0 Å². The number of hydroxylamine groups is 2. The summed E-state index contributed by atoms with van der Waals surface area (Å²) in [6.07, 6.45) is -1.42. The third-order valence-electron chi connectivity index (χ3n) is 5.72. The first kappa shape index (κ1) is 25.2. The molecule has 0 radical (unpaired) electrons. The number of cyclic esters (lactones) is 1. The van der Waals surface area contributed by atoms with Gasteiger partial charge < -0.3 is 15.0 Å². The second kappa shape index (κ2) is 11.2. The molecule has 2 aliphatic heterocycles. The van der Waals surface area contributed by atoms with Gasteiger partial charge in [-0.1, -0.05) is 0 Å². The molecule has 2 fully saturated rings. The molecule has 1 aromatic heterocycles. The number of carbonyl (C=O) groups is 3. The van der Waals surface area contributed by atoms with Gasteiger partial charge in [-0.2, -0.15) is 8.78 Å². The fraction of sp³-hybridized carbons (Fsp3) is 0.391. The van der Waals surface area contributed by atoms with Crippen molar-refractivity contribution in [3.05, 3.63) is 54.1 Å². The molecular formula is C23H24F3N5O5. The number of nitrogens with one attached hydrogen (secondary N) is 1. The predicted molar refractivity (Wildman–Crippen MR) is 121 cm³/mol. The molecule has 1 N–H and O–H groups in total. The first-order valence-electron chi connectivity index (χ1n) is 11.2. The van der Waals surface area contributed by atoms with Crippen LogP contribution in [-0.4, -0.2) is 79.8 Å². The monoisotopic (exact) mass is 507 g/mol. The molecule has 1 aromatic carbocycles. The van der Waals surface area contributed by atoms with Crippen LogP contribution in [0.25, 0.3) is 0 Å². The van der Waals surface area contributed by atoms with Crippen molar-refractivity contribution in [3.63, 3.8) is 0 Å². The number of hydrogen-bond acceptors (Lipinski definition) is 7. The fourth-order valence-corrected chi connectivity index (χ4v) is 3.90. The molecule has 0 spiro atoms. The maximum atomic E-state index is 15.0. The largest absolute Gasteiger partial charge is 0.442 e. The van der Waals surface area contributed by atoms with Crippen LogP contribution in [0.2, 0.25) is 0 Å². The summed E-state index contributed by atoms with van der Waals surface area (Å²) in [6, 6.07) is 7.72. The minimum atomic E-state index is -3.17. The molecule has 2 saturated heterocycles. The van der Waals surface area contributed by atoms with E-state index in [0.717, 1.165) is 10.5 Å². The van der Waals surface area contributed by atoms with E-state index in [-0.39, 0.29) is 49.9 Å². The Bertz CT molecular complexity index is 1110. The molecule has 2 aromatic rings. The number of anilines is 2. The van der Waals surface area contributed by atoms with Gasteiger partial charge in [0.2, 0.25) is 0 Å². The Hall–Kier alpha value is -3.87. The maximum Gasteiger partial charge on any atom is 0.414 e. The Morgan fingerprint density at radius 2 is 1.92 bits per heavy atom. The van der Waals surface area contributed by atoms with Gasteiger partial charge in [-0.05, 0) is 35.9 Å². The topological polar surface area (TPSA) is 104 Å². The number of pyridine rings is 1. The van der Waals surface area contributed by atoms with Crippen molar-refractivity contribution in [1.29, 1.82) is 0 Å². The van der Waals surface area contributed by atoms with Crippen molar-refractivity contribution < 1.29 is 37.1 Å². The van der Waals surface area contributed by atoms with Gasteiger partial charge in [0.25, 0.3) is 11.8 Å². The number of hydrogen-bond donors (Lipinski definition) is 1. The molecule has 10 nitrogen and oxygen atoms in total. The zero-order valence-electron chi connectivity index (χ0n) is 19.1. The molecule has 3 heterocycles. The molecule has 36 heavy (non-hydrogen) atoms. The van der Waals surface area contributed by atoms with E-state index in [1.165, 1.54) is 23.3 Å². The summed E-state index contributed by atoms with van der Waals surface area (Å²) in [5.74, 6) is -2.27. The minimum absolute atomic E-state index is 0.0345. The van der Waals surface area contributed by atoms with Crippen molar-refractivity contribution >= 4 is 29.3 Å². The third-order valence-corrected chi connectivity index (χ3v) is 5.72. The van der Waals surface area contributed by atoms with Crippen LogP contribution in [0.1, 0.15) is 5.56 Å². The Morgan fingerprint density at radius 3 is 2.64 bits per heavy atom. The van der Waals surface area contributed by atoms with E-state index in [1.54, 1.807) is 29.4 Å². The van der Waals surface area contributed by atoms with Gasteiger partial charge in [0.15, 0.2) is 0 Å². The highest BCUT2D eigenvalue weighted by Crippen LogP contribution is 2.28. The highest BCUT2D eigenvalue weighted by Gasteiger charge is 2.33. The number of benzene rings is 1. The van der Waals surface area contributed by atoms with E-state index in [4.69, 9.17) is 9.57 Å². The van der Waals surface area contributed by atoms with Crippen molar-refractivity contribution in [2.24, 2.45) is 0 Å². The number of carbonyl (C=O) groups excluding carboxylic acids is 3. The molecule has 4 rings (SSSR count). The van der Waals surface area contributed by atoms with Crippen LogP contribution in [0.3, 0.4) is 0 Å². The fourth-order valence-electron chi connectivity index (χ4n) is 3.90. The second-order valence-corrected chi connectivity index (χ2v) is 8.15. The highest BCUT2D eigenvalue weighted by molar-refractivity contribution is 5.90. The van der Waals surface area contributed by atoms with Crippen LogP contribution in [0, 0.1) is 5.82 Å². The summed E-state index contributed by atoms with van der Waals surface area (Å²) in [5.41, 5.74) is 1.31. The summed E-state index contributed by atoms with van der Waals surface area (Å²) < 4.78 is 44.8.